The Balaban J connectivity index is 1.67. The van der Waals surface area contributed by atoms with Gasteiger partial charge in [-0.3, -0.25) is 9.89 Å². The van der Waals surface area contributed by atoms with Crippen LogP contribution in [0.15, 0.2) is 10.9 Å². The number of rotatable bonds is 3. The second kappa shape index (κ2) is 4.23. The molecule has 2 N–H and O–H groups in total. The molecular weight excluding hydrogens is 238 g/mol. The summed E-state index contributed by atoms with van der Waals surface area (Å²) >= 11 is 0. The molecule has 1 aromatic rings. The molecule has 4 aliphatic rings. The van der Waals surface area contributed by atoms with Crippen LogP contribution in [0.3, 0.4) is 0 Å². The predicted molar refractivity (Wildman–Crippen MR) is 73.9 cm³/mol. The van der Waals surface area contributed by atoms with Crippen molar-refractivity contribution in [2.75, 3.05) is 7.05 Å². The minimum absolute atomic E-state index is 0.169. The van der Waals surface area contributed by atoms with E-state index in [0.29, 0.717) is 6.04 Å². The molecule has 104 valence electrons. The summed E-state index contributed by atoms with van der Waals surface area (Å²) in [5, 5.41) is 6.46. The predicted octanol–water partition coefficient (Wildman–Crippen LogP) is 1.89. The van der Waals surface area contributed by atoms with E-state index in [-0.39, 0.29) is 5.56 Å². The summed E-state index contributed by atoms with van der Waals surface area (Å²) in [6.07, 6.45) is 6.87. The Kier molecular flexibility index (Phi) is 2.62. The zero-order valence-electron chi connectivity index (χ0n) is 11.6. The Morgan fingerprint density at radius 1 is 1.21 bits per heavy atom. The van der Waals surface area contributed by atoms with Gasteiger partial charge in [0, 0.05) is 12.6 Å². The lowest BCUT2D eigenvalue weighted by atomic mass is 9.54. The van der Waals surface area contributed by atoms with E-state index < -0.39 is 0 Å². The van der Waals surface area contributed by atoms with E-state index in [1.807, 2.05) is 11.7 Å². The second-order valence-electron chi connectivity index (χ2n) is 6.94. The minimum Gasteiger partial charge on any atom is -0.314 e. The van der Waals surface area contributed by atoms with Crippen molar-refractivity contribution in [1.29, 1.82) is 0 Å². The number of aromatic amines is 1. The quantitative estimate of drug-likeness (QED) is 0.873. The molecule has 5 rings (SSSR count). The van der Waals surface area contributed by atoms with Gasteiger partial charge in [-0.25, -0.2) is 4.68 Å². The highest BCUT2D eigenvalue weighted by molar-refractivity contribution is 5.05. The van der Waals surface area contributed by atoms with Crippen LogP contribution in [0, 0.1) is 23.7 Å². The number of hydrogen-bond donors (Lipinski definition) is 2. The van der Waals surface area contributed by atoms with Crippen molar-refractivity contribution >= 4 is 0 Å². The van der Waals surface area contributed by atoms with Crippen molar-refractivity contribution in [3.05, 3.63) is 22.1 Å². The van der Waals surface area contributed by atoms with Gasteiger partial charge >= 0.3 is 0 Å². The standard InChI is InChI=1S/C15H23N3O/c1-16-8-13-7-14(19)18(17-13)15-11-3-9-2-10(5-11)6-12(15)4-9/h7,9-12,15-17H,2-6,8H2,1H3. The van der Waals surface area contributed by atoms with E-state index in [4.69, 9.17) is 0 Å². The SMILES string of the molecule is CNCc1cc(=O)n(C2C3CC4CC(C3)CC2C4)[nH]1. The second-order valence-corrected chi connectivity index (χ2v) is 6.94. The molecule has 0 radical (unpaired) electrons. The first-order valence-electron chi connectivity index (χ1n) is 7.69. The van der Waals surface area contributed by atoms with E-state index in [9.17, 15) is 4.79 Å². The zero-order chi connectivity index (χ0) is 13.0. The average Bonchev–Trinajstić information content (AvgIpc) is 2.69. The Morgan fingerprint density at radius 3 is 2.42 bits per heavy atom. The van der Waals surface area contributed by atoms with Crippen molar-refractivity contribution < 1.29 is 0 Å². The molecule has 0 atom stereocenters. The molecule has 1 heterocycles. The van der Waals surface area contributed by atoms with Crippen molar-refractivity contribution in [2.45, 2.75) is 44.7 Å². The Labute approximate surface area is 113 Å². The molecule has 1 aromatic heterocycles. The van der Waals surface area contributed by atoms with Crippen LogP contribution in [0.4, 0.5) is 0 Å². The number of nitrogens with one attached hydrogen (secondary N) is 2. The molecule has 4 heteroatoms. The highest BCUT2D eigenvalue weighted by atomic mass is 16.1. The number of nitrogens with zero attached hydrogens (tertiary/aromatic N) is 1. The summed E-state index contributed by atoms with van der Waals surface area (Å²) in [5.74, 6) is 3.41. The van der Waals surface area contributed by atoms with Gasteiger partial charge in [0.05, 0.1) is 11.7 Å². The molecule has 4 nitrogen and oxygen atoms in total. The molecule has 0 saturated heterocycles. The Bertz CT molecular complexity index is 502. The third kappa shape index (κ3) is 1.80. The molecule has 4 aliphatic carbocycles. The number of aromatic nitrogens is 2. The molecule has 0 aromatic carbocycles. The van der Waals surface area contributed by atoms with Gasteiger partial charge in [-0.2, -0.15) is 0 Å². The lowest BCUT2D eigenvalue weighted by Gasteiger charge is -2.54. The summed E-state index contributed by atoms with van der Waals surface area (Å²) in [7, 11) is 1.92. The highest BCUT2D eigenvalue weighted by Crippen LogP contribution is 2.57. The first kappa shape index (κ1) is 11.8. The van der Waals surface area contributed by atoms with Crippen LogP contribution in [-0.4, -0.2) is 16.8 Å². The van der Waals surface area contributed by atoms with Crippen molar-refractivity contribution in [1.82, 2.24) is 15.1 Å². The molecule has 0 aliphatic heterocycles. The van der Waals surface area contributed by atoms with Gasteiger partial charge in [-0.05, 0) is 62.8 Å². The molecular formula is C15H23N3O. The van der Waals surface area contributed by atoms with Gasteiger partial charge in [-0.15, -0.1) is 0 Å². The van der Waals surface area contributed by atoms with Gasteiger partial charge in [0.2, 0.25) is 0 Å². The maximum atomic E-state index is 12.2. The van der Waals surface area contributed by atoms with E-state index in [2.05, 4.69) is 10.4 Å². The third-order valence-corrected chi connectivity index (χ3v) is 5.64. The van der Waals surface area contributed by atoms with Crippen LogP contribution in [0.2, 0.25) is 0 Å². The van der Waals surface area contributed by atoms with Gasteiger partial charge in [0.15, 0.2) is 0 Å². The van der Waals surface area contributed by atoms with Gasteiger partial charge in [-0.1, -0.05) is 0 Å². The molecule has 0 spiro atoms. The Hall–Kier alpha value is -1.03. The molecule has 0 unspecified atom stereocenters. The topological polar surface area (TPSA) is 49.8 Å². The molecule has 4 fully saturated rings. The molecule has 0 amide bonds. The van der Waals surface area contributed by atoms with Crippen LogP contribution in [0.25, 0.3) is 0 Å². The lowest BCUT2D eigenvalue weighted by molar-refractivity contribution is -0.0349. The summed E-state index contributed by atoms with van der Waals surface area (Å²) < 4.78 is 1.96. The van der Waals surface area contributed by atoms with Gasteiger partial charge in [0.1, 0.15) is 0 Å². The fraction of sp³-hybridized carbons (Fsp3) is 0.800. The first-order chi connectivity index (χ1) is 9.24. The maximum absolute atomic E-state index is 12.2. The highest BCUT2D eigenvalue weighted by Gasteiger charge is 2.49. The summed E-state index contributed by atoms with van der Waals surface area (Å²) in [5.41, 5.74) is 1.18. The van der Waals surface area contributed by atoms with Crippen LogP contribution in [0.1, 0.15) is 43.8 Å². The summed E-state index contributed by atoms with van der Waals surface area (Å²) in [4.78, 5) is 12.2. The van der Waals surface area contributed by atoms with Gasteiger partial charge < -0.3 is 5.32 Å². The molecule has 4 bridgehead atoms. The summed E-state index contributed by atoms with van der Waals surface area (Å²) in [6, 6.07) is 2.22. The fourth-order valence-electron chi connectivity index (χ4n) is 5.28. The maximum Gasteiger partial charge on any atom is 0.267 e. The molecule has 4 saturated carbocycles. The van der Waals surface area contributed by atoms with E-state index >= 15 is 0 Å². The van der Waals surface area contributed by atoms with Crippen molar-refractivity contribution in [3.63, 3.8) is 0 Å². The molecule has 19 heavy (non-hydrogen) atoms. The van der Waals surface area contributed by atoms with Crippen molar-refractivity contribution in [3.8, 4) is 0 Å². The van der Waals surface area contributed by atoms with E-state index in [0.717, 1.165) is 35.9 Å². The Morgan fingerprint density at radius 2 is 1.84 bits per heavy atom. The smallest absolute Gasteiger partial charge is 0.267 e. The van der Waals surface area contributed by atoms with Crippen LogP contribution >= 0.6 is 0 Å². The minimum atomic E-state index is 0.169. The van der Waals surface area contributed by atoms with Crippen LogP contribution < -0.4 is 10.9 Å². The largest absolute Gasteiger partial charge is 0.314 e. The normalized spacial score (nSPS) is 39.9. The monoisotopic (exact) mass is 261 g/mol. The fourth-order valence-corrected chi connectivity index (χ4v) is 5.28. The van der Waals surface area contributed by atoms with Crippen LogP contribution in [-0.2, 0) is 6.54 Å². The number of H-pyrrole nitrogens is 1. The average molecular weight is 261 g/mol. The first-order valence-corrected chi connectivity index (χ1v) is 7.69. The van der Waals surface area contributed by atoms with Crippen molar-refractivity contribution in [2.24, 2.45) is 23.7 Å². The summed E-state index contributed by atoms with van der Waals surface area (Å²) in [6.45, 7) is 0.746. The van der Waals surface area contributed by atoms with E-state index in [1.54, 1.807) is 6.07 Å². The lowest BCUT2D eigenvalue weighted by Crippen LogP contribution is -2.48. The zero-order valence-corrected chi connectivity index (χ0v) is 11.6. The number of hydrogen-bond acceptors (Lipinski definition) is 2. The third-order valence-electron chi connectivity index (χ3n) is 5.64. The van der Waals surface area contributed by atoms with Crippen LogP contribution in [0.5, 0.6) is 0 Å². The van der Waals surface area contributed by atoms with Gasteiger partial charge in [0.25, 0.3) is 5.56 Å². The van der Waals surface area contributed by atoms with E-state index in [1.165, 1.54) is 32.1 Å².